The van der Waals surface area contributed by atoms with Crippen LogP contribution in [0, 0.1) is 6.92 Å². The molecular weight excluding hydrogens is 264 g/mol. The second-order valence-corrected chi connectivity index (χ2v) is 5.10. The molecule has 18 heavy (non-hydrogen) atoms. The van der Waals surface area contributed by atoms with E-state index in [9.17, 15) is 0 Å². The second-order valence-electron chi connectivity index (χ2n) is 4.18. The molecule has 0 radical (unpaired) electrons. The Morgan fingerprint density at radius 1 is 1.22 bits per heavy atom. The Morgan fingerprint density at radius 3 is 2.17 bits per heavy atom. The van der Waals surface area contributed by atoms with E-state index < -0.39 is 5.79 Å². The van der Waals surface area contributed by atoms with Gasteiger partial charge < -0.3 is 13.9 Å². The lowest BCUT2D eigenvalue weighted by Crippen LogP contribution is -2.44. The molecule has 1 atom stereocenters. The van der Waals surface area contributed by atoms with E-state index in [-0.39, 0.29) is 6.10 Å². The highest BCUT2D eigenvalue weighted by Gasteiger charge is 2.40. The zero-order chi connectivity index (χ0) is 13.6. The summed E-state index contributed by atoms with van der Waals surface area (Å²) in [7, 11) is 3.93. The van der Waals surface area contributed by atoms with Gasteiger partial charge >= 0.3 is 0 Å². The van der Waals surface area contributed by atoms with Crippen molar-refractivity contribution in [2.75, 3.05) is 20.0 Å². The Morgan fingerprint density at radius 2 is 1.78 bits per heavy atom. The van der Waals surface area contributed by atoms with Gasteiger partial charge in [-0.3, -0.25) is 0 Å². The topological polar surface area (TPSA) is 27.7 Å². The van der Waals surface area contributed by atoms with E-state index in [1.807, 2.05) is 24.3 Å². The lowest BCUT2D eigenvalue weighted by atomic mass is 9.97. The molecule has 5 heteroatoms. The zero-order valence-corrected chi connectivity index (χ0v) is 14.4. The average Bonchev–Trinajstić information content (AvgIpc) is 2.41. The number of hydrogen-bond acceptors (Lipinski definition) is 4. The van der Waals surface area contributed by atoms with Crippen LogP contribution in [0.25, 0.3) is 0 Å². The fraction of sp³-hybridized carbons (Fsp3) is 0.538. The molecule has 0 amide bonds. The quantitative estimate of drug-likeness (QED) is 0.467. The minimum atomic E-state index is -0.849. The van der Waals surface area contributed by atoms with Crippen LogP contribution in [0.5, 0.6) is 0 Å². The number of benzene rings is 1. The fourth-order valence-electron chi connectivity index (χ4n) is 2.13. The number of thiol groups is 1. The summed E-state index contributed by atoms with van der Waals surface area (Å²) in [6, 6.07) is 8.14. The second kappa shape index (κ2) is 7.30. The Bertz CT molecular complexity index is 352. The van der Waals surface area contributed by atoms with E-state index >= 15 is 0 Å². The molecule has 0 spiro atoms. The van der Waals surface area contributed by atoms with E-state index in [0.717, 1.165) is 17.7 Å². The van der Waals surface area contributed by atoms with Crippen molar-refractivity contribution >= 4 is 23.1 Å². The van der Waals surface area contributed by atoms with Crippen LogP contribution >= 0.6 is 12.6 Å². The monoisotopic (exact) mass is 286 g/mol. The minimum absolute atomic E-state index is 0.139. The highest BCUT2D eigenvalue weighted by molar-refractivity contribution is 7.80. The van der Waals surface area contributed by atoms with Crippen LogP contribution in [0.1, 0.15) is 17.5 Å². The Kier molecular flexibility index (Phi) is 6.38. The molecule has 0 aliphatic heterocycles. The molecule has 0 N–H and O–H groups in total. The average molecular weight is 286 g/mol. The molecule has 1 unspecified atom stereocenters. The van der Waals surface area contributed by atoms with Gasteiger partial charge in [0.2, 0.25) is 5.79 Å². The maximum absolute atomic E-state index is 5.66. The van der Waals surface area contributed by atoms with Gasteiger partial charge in [0.1, 0.15) is 16.6 Å². The van der Waals surface area contributed by atoms with Gasteiger partial charge in [0.05, 0.1) is 0 Å². The number of ether oxygens (including phenoxy) is 2. The summed E-state index contributed by atoms with van der Waals surface area (Å²) in [6.45, 7) is 2.06. The number of hydrogen-bond donors (Lipinski definition) is 1. The molecule has 3 nitrogen and oxygen atoms in total. The molecular formula is C13H22O3SSi. The van der Waals surface area contributed by atoms with Crippen molar-refractivity contribution in [3.63, 3.8) is 0 Å². The Hall–Kier alpha value is -0.333. The molecule has 0 saturated heterocycles. The van der Waals surface area contributed by atoms with Crippen molar-refractivity contribution in [1.82, 2.24) is 0 Å². The maximum Gasteiger partial charge on any atom is 0.220 e. The summed E-state index contributed by atoms with van der Waals surface area (Å²) in [5.74, 6) is -0.120. The van der Waals surface area contributed by atoms with Crippen LogP contribution in [-0.4, -0.2) is 36.6 Å². The van der Waals surface area contributed by atoms with E-state index in [1.54, 1.807) is 14.2 Å². The van der Waals surface area contributed by atoms with E-state index in [2.05, 4.69) is 19.6 Å². The van der Waals surface area contributed by atoms with Gasteiger partial charge in [0.25, 0.3) is 0 Å². The normalized spacial score (nSPS) is 13.8. The summed E-state index contributed by atoms with van der Waals surface area (Å²) in [6.07, 6.45) is 0.640. The molecule has 0 fully saturated rings. The first-order valence-electron chi connectivity index (χ1n) is 5.95. The first-order chi connectivity index (χ1) is 8.64. The zero-order valence-electron chi connectivity index (χ0n) is 11.5. The molecule has 0 heterocycles. The van der Waals surface area contributed by atoms with Gasteiger partial charge in [0.15, 0.2) is 0 Å². The van der Waals surface area contributed by atoms with Crippen LogP contribution in [0.3, 0.4) is 0 Å². The fourth-order valence-corrected chi connectivity index (χ4v) is 2.91. The summed E-state index contributed by atoms with van der Waals surface area (Å²) in [4.78, 5) is 0. The largest absolute Gasteiger partial charge is 0.419 e. The van der Waals surface area contributed by atoms with Crippen molar-refractivity contribution in [2.45, 2.75) is 25.2 Å². The Labute approximate surface area is 118 Å². The molecule has 1 aromatic rings. The SMILES string of the molecule is COC(OC)(c1ccc(C)cc1)C(CCS)O[SiH3]. The van der Waals surface area contributed by atoms with Crippen LogP contribution in [0.4, 0.5) is 0 Å². The molecule has 1 aromatic carbocycles. The Balaban J connectivity index is 3.15. The van der Waals surface area contributed by atoms with Gasteiger partial charge in [-0.1, -0.05) is 29.8 Å². The minimum Gasteiger partial charge on any atom is -0.419 e. The molecule has 0 aromatic heterocycles. The molecule has 1 rings (SSSR count). The number of methoxy groups -OCH3 is 2. The van der Waals surface area contributed by atoms with Crippen molar-refractivity contribution in [3.05, 3.63) is 35.4 Å². The first-order valence-corrected chi connectivity index (χ1v) is 7.40. The van der Waals surface area contributed by atoms with E-state index in [1.165, 1.54) is 5.56 Å². The summed E-state index contributed by atoms with van der Waals surface area (Å²) in [5, 5.41) is 0. The third kappa shape index (κ3) is 3.16. The van der Waals surface area contributed by atoms with Crippen LogP contribution in [0.2, 0.25) is 0 Å². The summed E-state index contributed by atoms with van der Waals surface area (Å²) < 4.78 is 17.0. The predicted octanol–water partition coefficient (Wildman–Crippen LogP) is 1.43. The number of aryl methyl sites for hydroxylation is 1. The van der Waals surface area contributed by atoms with Crippen molar-refractivity contribution in [1.29, 1.82) is 0 Å². The van der Waals surface area contributed by atoms with Gasteiger partial charge in [-0.25, -0.2) is 0 Å². The van der Waals surface area contributed by atoms with Crippen LogP contribution in [-0.2, 0) is 19.7 Å². The highest BCUT2D eigenvalue weighted by atomic mass is 32.1. The predicted molar refractivity (Wildman–Crippen MR) is 80.2 cm³/mol. The summed E-state index contributed by atoms with van der Waals surface area (Å²) >= 11 is 4.28. The van der Waals surface area contributed by atoms with Crippen molar-refractivity contribution in [2.24, 2.45) is 0 Å². The molecule has 0 bridgehead atoms. The smallest absolute Gasteiger partial charge is 0.220 e. The third-order valence-electron chi connectivity index (χ3n) is 3.16. The van der Waals surface area contributed by atoms with Gasteiger partial charge in [-0.15, -0.1) is 0 Å². The van der Waals surface area contributed by atoms with Gasteiger partial charge in [-0.2, -0.15) is 12.6 Å². The van der Waals surface area contributed by atoms with E-state index in [4.69, 9.17) is 13.9 Å². The van der Waals surface area contributed by atoms with Crippen LogP contribution in [0.15, 0.2) is 24.3 Å². The van der Waals surface area contributed by atoms with Crippen LogP contribution < -0.4 is 0 Å². The molecule has 0 aliphatic carbocycles. The maximum atomic E-state index is 5.66. The lowest BCUT2D eigenvalue weighted by molar-refractivity contribution is -0.262. The highest BCUT2D eigenvalue weighted by Crippen LogP contribution is 2.33. The standard InChI is InChI=1S/C13H22O3SSi/c1-10-4-6-11(7-5-10)13(14-2,15-3)12(16-18)8-9-17/h4-7,12,17H,8-9H2,1-3,18H3. The lowest BCUT2D eigenvalue weighted by Gasteiger charge is -2.38. The van der Waals surface area contributed by atoms with Gasteiger partial charge in [-0.05, 0) is 19.1 Å². The van der Waals surface area contributed by atoms with E-state index in [0.29, 0.717) is 10.5 Å². The first kappa shape index (κ1) is 15.7. The molecule has 0 aliphatic rings. The summed E-state index contributed by atoms with van der Waals surface area (Å²) in [5.41, 5.74) is 2.18. The molecule has 0 saturated carbocycles. The third-order valence-corrected chi connectivity index (χ3v) is 3.99. The number of rotatable bonds is 7. The van der Waals surface area contributed by atoms with Gasteiger partial charge in [0, 0.05) is 19.8 Å². The van der Waals surface area contributed by atoms with Crippen molar-refractivity contribution in [3.8, 4) is 0 Å². The van der Waals surface area contributed by atoms with Crippen molar-refractivity contribution < 1.29 is 13.9 Å². The molecule has 102 valence electrons.